The molecule has 0 aliphatic heterocycles. The molecule has 0 spiro atoms. The second-order valence-corrected chi connectivity index (χ2v) is 6.83. The first-order valence-corrected chi connectivity index (χ1v) is 8.40. The highest BCUT2D eigenvalue weighted by molar-refractivity contribution is 5.93. The summed E-state index contributed by atoms with van der Waals surface area (Å²) in [6.07, 6.45) is 4.25. The molecular formula is C18H34N4O2. The Kier molecular flexibility index (Phi) is 11.0. The number of hydrogen-bond acceptors (Lipinski definition) is 4. The molecule has 0 saturated heterocycles. The lowest BCUT2D eigenvalue weighted by molar-refractivity contribution is -0.118. The predicted molar refractivity (Wildman–Crippen MR) is 99.8 cm³/mol. The molecule has 24 heavy (non-hydrogen) atoms. The molecule has 0 aromatic rings. The van der Waals surface area contributed by atoms with E-state index in [1.54, 1.807) is 6.08 Å². The highest BCUT2D eigenvalue weighted by atomic mass is 16.2. The molecule has 1 unspecified atom stereocenters. The van der Waals surface area contributed by atoms with Crippen molar-refractivity contribution in [3.05, 3.63) is 24.3 Å². The van der Waals surface area contributed by atoms with Gasteiger partial charge < -0.3 is 20.4 Å². The molecule has 6 heteroatoms. The molecule has 2 amide bonds. The summed E-state index contributed by atoms with van der Waals surface area (Å²) in [5, 5.41) is 5.77. The molecule has 1 atom stereocenters. The SMILES string of the molecule is C=C(CN(C)C)C(=O)NC(C)CCN(C)C/C=C/C(=O)NC(C)C. The van der Waals surface area contributed by atoms with Crippen molar-refractivity contribution in [2.24, 2.45) is 0 Å². The Labute approximate surface area is 147 Å². The molecule has 0 heterocycles. The molecule has 0 rings (SSSR count). The Morgan fingerprint density at radius 1 is 1.12 bits per heavy atom. The van der Waals surface area contributed by atoms with Crippen molar-refractivity contribution < 1.29 is 9.59 Å². The minimum Gasteiger partial charge on any atom is -0.350 e. The van der Waals surface area contributed by atoms with Crippen LogP contribution in [0.25, 0.3) is 0 Å². The van der Waals surface area contributed by atoms with Crippen LogP contribution in [-0.4, -0.2) is 74.5 Å². The van der Waals surface area contributed by atoms with Crippen LogP contribution < -0.4 is 10.6 Å². The van der Waals surface area contributed by atoms with Gasteiger partial charge in [0.1, 0.15) is 0 Å². The maximum atomic E-state index is 12.0. The van der Waals surface area contributed by atoms with Crippen LogP contribution in [0.5, 0.6) is 0 Å². The van der Waals surface area contributed by atoms with Gasteiger partial charge in [0, 0.05) is 43.4 Å². The molecule has 0 aliphatic rings. The zero-order chi connectivity index (χ0) is 18.7. The molecule has 2 N–H and O–H groups in total. The van der Waals surface area contributed by atoms with Crippen LogP contribution in [0.15, 0.2) is 24.3 Å². The van der Waals surface area contributed by atoms with Crippen molar-refractivity contribution >= 4 is 11.8 Å². The number of carbonyl (C=O) groups excluding carboxylic acids is 2. The lowest BCUT2D eigenvalue weighted by Crippen LogP contribution is -2.37. The summed E-state index contributed by atoms with van der Waals surface area (Å²) in [4.78, 5) is 27.5. The van der Waals surface area contributed by atoms with Gasteiger partial charge in [-0.3, -0.25) is 9.59 Å². The predicted octanol–water partition coefficient (Wildman–Crippen LogP) is 1.01. The van der Waals surface area contributed by atoms with Gasteiger partial charge in [0.05, 0.1) is 0 Å². The molecular weight excluding hydrogens is 304 g/mol. The van der Waals surface area contributed by atoms with Crippen LogP contribution in [0, 0.1) is 0 Å². The van der Waals surface area contributed by atoms with Crippen molar-refractivity contribution in [3.63, 3.8) is 0 Å². The standard InChI is InChI=1S/C18H34N4O2/c1-14(2)19-17(23)9-8-11-22(7)12-10-16(4)20-18(24)15(3)13-21(5)6/h8-9,14,16H,3,10-13H2,1-2,4-7H3,(H,19,23)(H,20,24)/b9-8+. The molecule has 0 fully saturated rings. The summed E-state index contributed by atoms with van der Waals surface area (Å²) in [6, 6.07) is 0.221. The summed E-state index contributed by atoms with van der Waals surface area (Å²) in [7, 11) is 5.81. The van der Waals surface area contributed by atoms with Crippen LogP contribution in [0.2, 0.25) is 0 Å². The van der Waals surface area contributed by atoms with Gasteiger partial charge in [0.15, 0.2) is 0 Å². The van der Waals surface area contributed by atoms with Gasteiger partial charge in [0.2, 0.25) is 11.8 Å². The van der Waals surface area contributed by atoms with Gasteiger partial charge >= 0.3 is 0 Å². The third kappa shape index (κ3) is 11.8. The molecule has 0 aromatic carbocycles. The van der Waals surface area contributed by atoms with Crippen LogP contribution in [0.3, 0.4) is 0 Å². The first-order chi connectivity index (χ1) is 11.1. The van der Waals surface area contributed by atoms with E-state index in [1.807, 2.05) is 52.9 Å². The number of carbonyl (C=O) groups is 2. The van der Waals surface area contributed by atoms with Gasteiger partial charge in [-0.2, -0.15) is 0 Å². The van der Waals surface area contributed by atoms with E-state index in [2.05, 4.69) is 22.1 Å². The maximum Gasteiger partial charge on any atom is 0.248 e. The molecule has 0 bridgehead atoms. The summed E-state index contributed by atoms with van der Waals surface area (Å²) in [5.41, 5.74) is 0.569. The Balaban J connectivity index is 4.03. The fraction of sp³-hybridized carbons (Fsp3) is 0.667. The Hall–Kier alpha value is -1.66. The second kappa shape index (κ2) is 11.8. The Morgan fingerprint density at radius 2 is 1.75 bits per heavy atom. The van der Waals surface area contributed by atoms with Gasteiger partial charge in [-0.15, -0.1) is 0 Å². The second-order valence-electron chi connectivity index (χ2n) is 6.83. The molecule has 0 saturated carbocycles. The number of nitrogens with one attached hydrogen (secondary N) is 2. The normalized spacial score (nSPS) is 12.9. The molecule has 0 aromatic heterocycles. The Morgan fingerprint density at radius 3 is 2.29 bits per heavy atom. The van der Waals surface area contributed by atoms with Gasteiger partial charge in [-0.05, 0) is 48.3 Å². The van der Waals surface area contributed by atoms with E-state index < -0.39 is 0 Å². The van der Waals surface area contributed by atoms with E-state index in [4.69, 9.17) is 0 Å². The molecule has 6 nitrogen and oxygen atoms in total. The molecule has 0 aliphatic carbocycles. The van der Waals surface area contributed by atoms with E-state index in [0.717, 1.165) is 13.0 Å². The number of amides is 2. The van der Waals surface area contributed by atoms with Crippen molar-refractivity contribution in [1.29, 1.82) is 0 Å². The molecule has 0 radical (unpaired) electrons. The number of rotatable bonds is 11. The fourth-order valence-corrected chi connectivity index (χ4v) is 2.03. The van der Waals surface area contributed by atoms with Crippen LogP contribution in [-0.2, 0) is 9.59 Å². The third-order valence-electron chi connectivity index (χ3n) is 3.27. The van der Waals surface area contributed by atoms with Crippen molar-refractivity contribution in [2.45, 2.75) is 39.3 Å². The van der Waals surface area contributed by atoms with Gasteiger partial charge in [-0.25, -0.2) is 0 Å². The highest BCUT2D eigenvalue weighted by Gasteiger charge is 2.11. The fourth-order valence-electron chi connectivity index (χ4n) is 2.03. The first kappa shape index (κ1) is 22.3. The quantitative estimate of drug-likeness (QED) is 0.552. The van der Waals surface area contributed by atoms with Crippen molar-refractivity contribution in [2.75, 3.05) is 40.8 Å². The van der Waals surface area contributed by atoms with E-state index in [1.165, 1.54) is 0 Å². The largest absolute Gasteiger partial charge is 0.350 e. The summed E-state index contributed by atoms with van der Waals surface area (Å²) >= 11 is 0. The average molecular weight is 338 g/mol. The lowest BCUT2D eigenvalue weighted by Gasteiger charge is -2.20. The van der Waals surface area contributed by atoms with E-state index in [9.17, 15) is 9.59 Å². The van der Waals surface area contributed by atoms with Crippen LogP contribution >= 0.6 is 0 Å². The minimum atomic E-state index is -0.0934. The van der Waals surface area contributed by atoms with E-state index in [-0.39, 0.29) is 23.9 Å². The molecule has 138 valence electrons. The Bertz CT molecular complexity index is 444. The number of hydrogen-bond donors (Lipinski definition) is 2. The minimum absolute atomic E-state index is 0.0709. The topological polar surface area (TPSA) is 64.7 Å². The lowest BCUT2D eigenvalue weighted by atomic mass is 10.2. The number of nitrogens with zero attached hydrogens (tertiary/aromatic N) is 2. The summed E-state index contributed by atoms with van der Waals surface area (Å²) in [6.45, 7) is 11.7. The third-order valence-corrected chi connectivity index (χ3v) is 3.27. The average Bonchev–Trinajstić information content (AvgIpc) is 2.43. The van der Waals surface area contributed by atoms with Crippen LogP contribution in [0.1, 0.15) is 27.2 Å². The van der Waals surface area contributed by atoms with Gasteiger partial charge in [-0.1, -0.05) is 12.7 Å². The maximum absolute atomic E-state index is 12.0. The number of likely N-dealkylation sites (N-methyl/N-ethyl adjacent to an activating group) is 2. The summed E-state index contributed by atoms with van der Waals surface area (Å²) < 4.78 is 0. The smallest absolute Gasteiger partial charge is 0.248 e. The van der Waals surface area contributed by atoms with Crippen LogP contribution in [0.4, 0.5) is 0 Å². The van der Waals surface area contributed by atoms with Crippen molar-refractivity contribution in [1.82, 2.24) is 20.4 Å². The van der Waals surface area contributed by atoms with E-state index in [0.29, 0.717) is 18.7 Å². The monoisotopic (exact) mass is 338 g/mol. The highest BCUT2D eigenvalue weighted by Crippen LogP contribution is 1.98. The van der Waals surface area contributed by atoms with Crippen molar-refractivity contribution in [3.8, 4) is 0 Å². The summed E-state index contributed by atoms with van der Waals surface area (Å²) in [5.74, 6) is -0.164. The zero-order valence-corrected chi connectivity index (χ0v) is 16.1. The zero-order valence-electron chi connectivity index (χ0n) is 16.1. The first-order valence-electron chi connectivity index (χ1n) is 8.40. The van der Waals surface area contributed by atoms with Gasteiger partial charge in [0.25, 0.3) is 0 Å². The van der Waals surface area contributed by atoms with E-state index >= 15 is 0 Å².